The second kappa shape index (κ2) is 10.1. The van der Waals surface area contributed by atoms with Gasteiger partial charge in [0.25, 0.3) is 10.0 Å². The van der Waals surface area contributed by atoms with Crippen LogP contribution in [0.3, 0.4) is 0 Å². The zero-order valence-electron chi connectivity index (χ0n) is 19.7. The second-order valence-electron chi connectivity index (χ2n) is 8.91. The molecule has 9 nitrogen and oxygen atoms in total. The lowest BCUT2D eigenvalue weighted by atomic mass is 9.81. The number of nitrogens with one attached hydrogen (secondary N) is 2. The van der Waals surface area contributed by atoms with E-state index in [4.69, 9.17) is 4.74 Å². The Hall–Kier alpha value is -3.40. The lowest BCUT2D eigenvalue weighted by molar-refractivity contribution is -0.140. The molecule has 1 aliphatic carbocycles. The minimum absolute atomic E-state index is 0.00943. The number of hydrogen-bond acceptors (Lipinski definition) is 6. The van der Waals surface area contributed by atoms with Gasteiger partial charge in [-0.25, -0.2) is 8.42 Å². The minimum Gasteiger partial charge on any atom is -0.495 e. The fourth-order valence-corrected chi connectivity index (χ4v) is 6.13. The summed E-state index contributed by atoms with van der Waals surface area (Å²) < 4.78 is 33.9. The van der Waals surface area contributed by atoms with Crippen LogP contribution in [0.1, 0.15) is 37.7 Å². The Bertz CT molecular complexity index is 1240. The zero-order chi connectivity index (χ0) is 25.2. The van der Waals surface area contributed by atoms with Gasteiger partial charge in [0.2, 0.25) is 17.7 Å². The number of ether oxygens (including phenoxy) is 1. The average molecular weight is 500 g/mol. The van der Waals surface area contributed by atoms with E-state index in [1.807, 2.05) is 0 Å². The molecule has 1 saturated carbocycles. The number of nitrogens with zero attached hydrogens (tertiary/aromatic N) is 1. The Morgan fingerprint density at radius 3 is 2.37 bits per heavy atom. The molecule has 1 aliphatic heterocycles. The van der Waals surface area contributed by atoms with Gasteiger partial charge in [0, 0.05) is 18.7 Å². The van der Waals surface area contributed by atoms with Crippen molar-refractivity contribution in [2.75, 3.05) is 23.7 Å². The first-order chi connectivity index (χ1) is 16.7. The summed E-state index contributed by atoms with van der Waals surface area (Å²) in [7, 11) is -2.52. The van der Waals surface area contributed by atoms with Crippen LogP contribution in [0.4, 0.5) is 11.4 Å². The fourth-order valence-electron chi connectivity index (χ4n) is 4.78. The third kappa shape index (κ3) is 5.17. The third-order valence-electron chi connectivity index (χ3n) is 6.61. The number of sulfonamides is 1. The number of anilines is 2. The number of carbonyl (C=O) groups is 3. The lowest BCUT2D eigenvalue weighted by Gasteiger charge is -2.19. The molecule has 3 amide bonds. The number of imide groups is 1. The standard InChI is InChI=1S/C25H29N3O6S/c1-16-11-12-17(15-22(16)35(32,33)27-20-9-5-6-10-21(20)34-2)26-23(29)13-14-28-24(30)18-7-3-4-8-19(18)25(28)31/h5-6,9-12,15,18-19,27H,3-4,7-8,13-14H2,1-2H3,(H,26,29). The largest absolute Gasteiger partial charge is 0.495 e. The highest BCUT2D eigenvalue weighted by Gasteiger charge is 2.47. The third-order valence-corrected chi connectivity index (χ3v) is 8.12. The number of likely N-dealkylation sites (tertiary alicyclic amines) is 1. The number of benzene rings is 2. The average Bonchev–Trinajstić information content (AvgIpc) is 3.08. The monoisotopic (exact) mass is 499 g/mol. The van der Waals surface area contributed by atoms with Crippen LogP contribution in [0.2, 0.25) is 0 Å². The maximum Gasteiger partial charge on any atom is 0.262 e. The van der Waals surface area contributed by atoms with Crippen LogP contribution >= 0.6 is 0 Å². The Morgan fingerprint density at radius 2 is 1.71 bits per heavy atom. The van der Waals surface area contributed by atoms with Gasteiger partial charge in [-0.1, -0.05) is 31.0 Å². The number of para-hydroxylation sites is 2. The molecule has 1 heterocycles. The Kier molecular flexibility index (Phi) is 7.11. The fraction of sp³-hybridized carbons (Fsp3) is 0.400. The number of aryl methyl sites for hydroxylation is 1. The number of rotatable bonds is 8. The zero-order valence-corrected chi connectivity index (χ0v) is 20.6. The maximum atomic E-state index is 13.1. The van der Waals surface area contributed by atoms with Crippen molar-refractivity contribution in [3.63, 3.8) is 0 Å². The van der Waals surface area contributed by atoms with E-state index < -0.39 is 15.9 Å². The van der Waals surface area contributed by atoms with Crippen LogP contribution < -0.4 is 14.8 Å². The van der Waals surface area contributed by atoms with E-state index >= 15 is 0 Å². The van der Waals surface area contributed by atoms with Gasteiger partial charge in [0.1, 0.15) is 5.75 Å². The molecule has 0 spiro atoms. The summed E-state index contributed by atoms with van der Waals surface area (Å²) >= 11 is 0. The van der Waals surface area contributed by atoms with Crippen molar-refractivity contribution in [2.45, 2.75) is 43.9 Å². The first-order valence-electron chi connectivity index (χ1n) is 11.6. The maximum absolute atomic E-state index is 13.1. The lowest BCUT2D eigenvalue weighted by Crippen LogP contribution is -2.34. The molecule has 2 aliphatic rings. The molecule has 2 N–H and O–H groups in total. The Morgan fingerprint density at radius 1 is 1.06 bits per heavy atom. The summed E-state index contributed by atoms with van der Waals surface area (Å²) in [5, 5.41) is 2.68. The normalized spacial score (nSPS) is 19.9. The van der Waals surface area contributed by atoms with Gasteiger partial charge < -0.3 is 10.1 Å². The molecule has 2 atom stereocenters. The molecule has 186 valence electrons. The van der Waals surface area contributed by atoms with Crippen LogP contribution in [0.5, 0.6) is 5.75 Å². The predicted octanol–water partition coefficient (Wildman–Crippen LogP) is 3.31. The molecule has 0 bridgehead atoms. The quantitative estimate of drug-likeness (QED) is 0.538. The van der Waals surface area contributed by atoms with E-state index in [2.05, 4.69) is 10.0 Å². The number of fused-ring (bicyclic) bond motifs is 1. The summed E-state index contributed by atoms with van der Waals surface area (Å²) in [4.78, 5) is 39.0. The van der Waals surface area contributed by atoms with Crippen LogP contribution in [0, 0.1) is 18.8 Å². The van der Waals surface area contributed by atoms with E-state index in [1.165, 1.54) is 18.1 Å². The molecule has 10 heteroatoms. The summed E-state index contributed by atoms with van der Waals surface area (Å²) in [5.74, 6) is -0.897. The van der Waals surface area contributed by atoms with E-state index in [0.717, 1.165) is 25.7 Å². The molecule has 2 aromatic carbocycles. The number of carbonyl (C=O) groups excluding carboxylic acids is 3. The Labute approximate surface area is 204 Å². The molecule has 2 fully saturated rings. The summed E-state index contributed by atoms with van der Waals surface area (Å²) in [6.45, 7) is 1.68. The highest BCUT2D eigenvalue weighted by Crippen LogP contribution is 2.38. The number of methoxy groups -OCH3 is 1. The summed E-state index contributed by atoms with van der Waals surface area (Å²) in [6.07, 6.45) is 3.27. The van der Waals surface area contributed by atoms with Crippen molar-refractivity contribution in [1.29, 1.82) is 0 Å². The van der Waals surface area contributed by atoms with E-state index in [0.29, 0.717) is 22.7 Å². The van der Waals surface area contributed by atoms with Gasteiger partial charge in [-0.2, -0.15) is 0 Å². The molecule has 4 rings (SSSR count). The van der Waals surface area contributed by atoms with Crippen molar-refractivity contribution in [2.24, 2.45) is 11.8 Å². The van der Waals surface area contributed by atoms with Gasteiger partial charge in [-0.15, -0.1) is 0 Å². The smallest absolute Gasteiger partial charge is 0.262 e. The molecule has 2 unspecified atom stereocenters. The SMILES string of the molecule is COc1ccccc1NS(=O)(=O)c1cc(NC(=O)CCN2C(=O)C3CCCCC3C2=O)ccc1C. The van der Waals surface area contributed by atoms with Crippen molar-refractivity contribution in [3.05, 3.63) is 48.0 Å². The molecular weight excluding hydrogens is 470 g/mol. The molecular formula is C25H29N3O6S. The molecule has 1 saturated heterocycles. The number of amides is 3. The molecule has 0 radical (unpaired) electrons. The van der Waals surface area contributed by atoms with Gasteiger partial charge in [0.15, 0.2) is 0 Å². The van der Waals surface area contributed by atoms with Crippen molar-refractivity contribution < 1.29 is 27.5 Å². The van der Waals surface area contributed by atoms with E-state index in [-0.39, 0.29) is 41.5 Å². The summed E-state index contributed by atoms with van der Waals surface area (Å²) in [6, 6.07) is 11.2. The first kappa shape index (κ1) is 24.7. The van der Waals surface area contributed by atoms with Crippen LogP contribution in [-0.4, -0.2) is 44.7 Å². The molecule has 2 aromatic rings. The second-order valence-corrected chi connectivity index (χ2v) is 10.6. The van der Waals surface area contributed by atoms with E-state index in [1.54, 1.807) is 43.3 Å². The molecule has 0 aromatic heterocycles. The van der Waals surface area contributed by atoms with Crippen LogP contribution in [0.15, 0.2) is 47.4 Å². The first-order valence-corrected chi connectivity index (χ1v) is 13.1. The highest BCUT2D eigenvalue weighted by atomic mass is 32.2. The predicted molar refractivity (Wildman–Crippen MR) is 130 cm³/mol. The van der Waals surface area contributed by atoms with Crippen LogP contribution in [-0.2, 0) is 24.4 Å². The minimum atomic E-state index is -3.97. The van der Waals surface area contributed by atoms with Crippen molar-refractivity contribution >= 4 is 39.1 Å². The number of hydrogen-bond donors (Lipinski definition) is 2. The van der Waals surface area contributed by atoms with Gasteiger partial charge in [-0.05, 0) is 49.6 Å². The van der Waals surface area contributed by atoms with Gasteiger partial charge >= 0.3 is 0 Å². The van der Waals surface area contributed by atoms with Gasteiger partial charge in [0.05, 0.1) is 29.5 Å². The van der Waals surface area contributed by atoms with Crippen molar-refractivity contribution in [1.82, 2.24) is 4.90 Å². The molecule has 35 heavy (non-hydrogen) atoms. The summed E-state index contributed by atoms with van der Waals surface area (Å²) in [5.41, 5.74) is 1.10. The van der Waals surface area contributed by atoms with E-state index in [9.17, 15) is 22.8 Å². The van der Waals surface area contributed by atoms with Crippen molar-refractivity contribution in [3.8, 4) is 5.75 Å². The highest BCUT2D eigenvalue weighted by molar-refractivity contribution is 7.92. The Balaban J connectivity index is 1.43. The topological polar surface area (TPSA) is 122 Å². The van der Waals surface area contributed by atoms with Crippen LogP contribution in [0.25, 0.3) is 0 Å². The van der Waals surface area contributed by atoms with Gasteiger partial charge in [-0.3, -0.25) is 24.0 Å².